The van der Waals surface area contributed by atoms with E-state index in [1.807, 2.05) is 23.8 Å². The van der Waals surface area contributed by atoms with E-state index in [0.29, 0.717) is 12.2 Å². The van der Waals surface area contributed by atoms with Crippen molar-refractivity contribution in [2.24, 2.45) is 0 Å². The maximum Gasteiger partial charge on any atom is 0.339 e. The molecule has 0 bridgehead atoms. The van der Waals surface area contributed by atoms with Gasteiger partial charge in [0.15, 0.2) is 5.78 Å². The zero-order valence-electron chi connectivity index (χ0n) is 14.5. The highest BCUT2D eigenvalue weighted by Crippen LogP contribution is 2.20. The zero-order chi connectivity index (χ0) is 18.7. The number of carbonyl (C=O) groups excluding carboxylic acids is 1. The number of carbonyl (C=O) groups is 1. The number of rotatable bonds is 6. The van der Waals surface area contributed by atoms with Crippen LogP contribution in [0.25, 0.3) is 0 Å². The molecule has 26 heavy (non-hydrogen) atoms. The van der Waals surface area contributed by atoms with Crippen LogP contribution in [0, 0.1) is 6.92 Å². The van der Waals surface area contributed by atoms with Crippen molar-refractivity contribution in [1.82, 2.24) is 4.57 Å². The lowest BCUT2D eigenvalue weighted by Crippen LogP contribution is -2.10. The van der Waals surface area contributed by atoms with Gasteiger partial charge in [-0.2, -0.15) is 8.42 Å². The molecule has 0 atom stereocenters. The van der Waals surface area contributed by atoms with Gasteiger partial charge in [-0.15, -0.1) is 0 Å². The number of hydrogen-bond donors (Lipinski definition) is 0. The summed E-state index contributed by atoms with van der Waals surface area (Å²) < 4.78 is 31.7. The molecule has 2 aromatic carbocycles. The Morgan fingerprint density at radius 1 is 1.00 bits per heavy atom. The van der Waals surface area contributed by atoms with Crippen LogP contribution in [0.15, 0.2) is 71.8 Å². The molecule has 0 spiro atoms. The predicted octanol–water partition coefficient (Wildman–Crippen LogP) is 3.82. The molecular formula is C20H19NO4S. The molecule has 0 aliphatic heterocycles. The van der Waals surface area contributed by atoms with E-state index in [0.717, 1.165) is 11.1 Å². The first-order valence-corrected chi connectivity index (χ1v) is 9.52. The number of aryl methyl sites for hydroxylation is 1. The summed E-state index contributed by atoms with van der Waals surface area (Å²) in [5, 5.41) is 0. The smallest absolute Gasteiger partial charge is 0.339 e. The lowest BCUT2D eigenvalue weighted by Gasteiger charge is -2.10. The van der Waals surface area contributed by atoms with E-state index in [4.69, 9.17) is 4.18 Å². The second-order valence-electron chi connectivity index (χ2n) is 6.07. The van der Waals surface area contributed by atoms with E-state index >= 15 is 0 Å². The molecule has 0 aliphatic carbocycles. The molecule has 0 N–H and O–H groups in total. The minimum absolute atomic E-state index is 0.000792. The van der Waals surface area contributed by atoms with E-state index in [9.17, 15) is 13.2 Å². The Balaban J connectivity index is 1.74. The van der Waals surface area contributed by atoms with E-state index in [1.54, 1.807) is 42.5 Å². The Bertz CT molecular complexity index is 1020. The van der Waals surface area contributed by atoms with Gasteiger partial charge in [-0.3, -0.25) is 4.79 Å². The minimum Gasteiger partial charge on any atom is -0.379 e. The minimum atomic E-state index is -3.86. The fraction of sp³-hybridized carbons (Fsp3) is 0.150. The lowest BCUT2D eigenvalue weighted by molar-refractivity contribution is 0.100. The van der Waals surface area contributed by atoms with Crippen LogP contribution in [0.2, 0.25) is 0 Å². The van der Waals surface area contributed by atoms with Crippen LogP contribution < -0.4 is 4.18 Å². The van der Waals surface area contributed by atoms with Crippen molar-refractivity contribution in [3.63, 3.8) is 0 Å². The van der Waals surface area contributed by atoms with Crippen molar-refractivity contribution in [1.29, 1.82) is 0 Å². The fourth-order valence-corrected chi connectivity index (χ4v) is 3.53. The van der Waals surface area contributed by atoms with E-state index in [2.05, 4.69) is 0 Å². The Morgan fingerprint density at radius 2 is 1.65 bits per heavy atom. The highest BCUT2D eigenvalue weighted by atomic mass is 32.2. The molecule has 0 aliphatic rings. The molecule has 0 radical (unpaired) electrons. The zero-order valence-corrected chi connectivity index (χ0v) is 15.4. The number of benzene rings is 2. The van der Waals surface area contributed by atoms with Gasteiger partial charge in [-0.1, -0.05) is 29.8 Å². The van der Waals surface area contributed by atoms with Crippen molar-refractivity contribution >= 4 is 15.9 Å². The molecule has 5 nitrogen and oxygen atoms in total. The second-order valence-corrected chi connectivity index (χ2v) is 7.62. The normalized spacial score (nSPS) is 11.3. The van der Waals surface area contributed by atoms with Crippen LogP contribution in [-0.2, 0) is 16.7 Å². The van der Waals surface area contributed by atoms with Gasteiger partial charge in [0.1, 0.15) is 10.6 Å². The number of ketones is 1. The SMILES string of the molecule is CC(=O)c1cccn1Cc1ccc(OS(=O)(=O)c2ccc(C)cc2)cc1. The van der Waals surface area contributed by atoms with Crippen LogP contribution >= 0.6 is 0 Å². The topological polar surface area (TPSA) is 65.4 Å². The molecule has 3 aromatic rings. The summed E-state index contributed by atoms with van der Waals surface area (Å²) in [6, 6.07) is 16.9. The van der Waals surface area contributed by atoms with Crippen LogP contribution in [0.4, 0.5) is 0 Å². The Morgan fingerprint density at radius 3 is 2.27 bits per heavy atom. The summed E-state index contributed by atoms with van der Waals surface area (Å²) in [5.74, 6) is 0.243. The monoisotopic (exact) mass is 369 g/mol. The van der Waals surface area contributed by atoms with E-state index < -0.39 is 10.1 Å². The van der Waals surface area contributed by atoms with Gasteiger partial charge in [-0.25, -0.2) is 0 Å². The molecule has 134 valence electrons. The Kier molecular flexibility index (Phi) is 4.95. The molecule has 0 fully saturated rings. The molecular weight excluding hydrogens is 350 g/mol. The molecule has 0 unspecified atom stereocenters. The maximum absolute atomic E-state index is 12.3. The first-order chi connectivity index (χ1) is 12.3. The third-order valence-corrected chi connectivity index (χ3v) is 5.24. The molecule has 1 heterocycles. The van der Waals surface area contributed by atoms with Gasteiger partial charge in [-0.05, 0) is 48.9 Å². The van der Waals surface area contributed by atoms with Gasteiger partial charge in [0.05, 0.1) is 5.69 Å². The van der Waals surface area contributed by atoms with Gasteiger partial charge in [0.25, 0.3) is 0 Å². The number of Topliss-reactive ketones (excluding diaryl/α,β-unsaturated/α-hetero) is 1. The first kappa shape index (κ1) is 17.9. The van der Waals surface area contributed by atoms with Crippen molar-refractivity contribution in [3.05, 3.63) is 83.7 Å². The van der Waals surface area contributed by atoms with Crippen molar-refractivity contribution in [3.8, 4) is 5.75 Å². The summed E-state index contributed by atoms with van der Waals surface area (Å²) in [6.07, 6.45) is 1.84. The molecule has 1 aromatic heterocycles. The summed E-state index contributed by atoms with van der Waals surface area (Å²) in [7, 11) is -3.86. The van der Waals surface area contributed by atoms with Crippen LogP contribution in [-0.4, -0.2) is 18.8 Å². The molecule has 3 rings (SSSR count). The standard InChI is InChI=1S/C20H19NO4S/c1-15-5-11-19(12-6-15)26(23,24)25-18-9-7-17(8-10-18)14-21-13-3-4-20(21)16(2)22/h3-13H,14H2,1-2H3. The van der Waals surface area contributed by atoms with E-state index in [1.165, 1.54) is 19.1 Å². The summed E-state index contributed by atoms with van der Waals surface area (Å²) in [6.45, 7) is 3.93. The van der Waals surface area contributed by atoms with Crippen molar-refractivity contribution in [2.75, 3.05) is 0 Å². The van der Waals surface area contributed by atoms with Gasteiger partial charge < -0.3 is 8.75 Å². The van der Waals surface area contributed by atoms with Crippen LogP contribution in [0.3, 0.4) is 0 Å². The van der Waals surface area contributed by atoms with Crippen LogP contribution in [0.1, 0.15) is 28.5 Å². The van der Waals surface area contributed by atoms with Gasteiger partial charge >= 0.3 is 10.1 Å². The molecule has 6 heteroatoms. The predicted molar refractivity (Wildman–Crippen MR) is 99.0 cm³/mol. The highest BCUT2D eigenvalue weighted by Gasteiger charge is 2.16. The summed E-state index contributed by atoms with van der Waals surface area (Å²) in [5.41, 5.74) is 2.54. The Hall–Kier alpha value is -2.86. The van der Waals surface area contributed by atoms with Gasteiger partial charge in [0, 0.05) is 19.7 Å². The largest absolute Gasteiger partial charge is 0.379 e. The quantitative estimate of drug-likeness (QED) is 0.489. The summed E-state index contributed by atoms with van der Waals surface area (Å²) >= 11 is 0. The third-order valence-electron chi connectivity index (χ3n) is 3.98. The average Bonchev–Trinajstić information content (AvgIpc) is 3.05. The lowest BCUT2D eigenvalue weighted by atomic mass is 10.2. The van der Waals surface area contributed by atoms with Gasteiger partial charge in [0.2, 0.25) is 0 Å². The van der Waals surface area contributed by atoms with Crippen molar-refractivity contribution < 1.29 is 17.4 Å². The fourth-order valence-electron chi connectivity index (χ4n) is 2.60. The first-order valence-electron chi connectivity index (χ1n) is 8.11. The second kappa shape index (κ2) is 7.17. The highest BCUT2D eigenvalue weighted by molar-refractivity contribution is 7.87. The van der Waals surface area contributed by atoms with Crippen LogP contribution in [0.5, 0.6) is 5.75 Å². The number of nitrogens with zero attached hydrogens (tertiary/aromatic N) is 1. The number of hydrogen-bond acceptors (Lipinski definition) is 4. The molecule has 0 saturated heterocycles. The molecule has 0 amide bonds. The van der Waals surface area contributed by atoms with E-state index in [-0.39, 0.29) is 16.4 Å². The average molecular weight is 369 g/mol. The third kappa shape index (κ3) is 4.03. The summed E-state index contributed by atoms with van der Waals surface area (Å²) in [4.78, 5) is 11.7. The Labute approximate surface area is 153 Å². The molecule has 0 saturated carbocycles. The number of aromatic nitrogens is 1. The maximum atomic E-state index is 12.3. The van der Waals surface area contributed by atoms with Crippen molar-refractivity contribution in [2.45, 2.75) is 25.3 Å².